The fourth-order valence-corrected chi connectivity index (χ4v) is 5.20. The van der Waals surface area contributed by atoms with Gasteiger partial charge in [-0.2, -0.15) is 4.31 Å². The number of amides is 1. The lowest BCUT2D eigenvalue weighted by Crippen LogP contribution is -2.41. The Kier molecular flexibility index (Phi) is 9.18. The van der Waals surface area contributed by atoms with Gasteiger partial charge in [0.15, 0.2) is 11.5 Å². The monoisotopic (exact) mass is 580 g/mol. The topological polar surface area (TPSA) is 84.9 Å². The van der Waals surface area contributed by atoms with Crippen molar-refractivity contribution in [1.82, 2.24) is 9.62 Å². The molecule has 0 aliphatic rings. The van der Waals surface area contributed by atoms with Crippen LogP contribution in [0.2, 0.25) is 5.02 Å². The fourth-order valence-electron chi connectivity index (χ4n) is 3.43. The van der Waals surface area contributed by atoms with E-state index in [0.29, 0.717) is 16.5 Å². The van der Waals surface area contributed by atoms with Crippen molar-refractivity contribution >= 4 is 43.5 Å². The van der Waals surface area contributed by atoms with E-state index in [1.165, 1.54) is 31.4 Å². The van der Waals surface area contributed by atoms with Crippen molar-refractivity contribution in [3.63, 3.8) is 0 Å². The van der Waals surface area contributed by atoms with Gasteiger partial charge in [0.05, 0.1) is 31.7 Å². The molecule has 3 aromatic carbocycles. The van der Waals surface area contributed by atoms with E-state index in [4.69, 9.17) is 21.1 Å². The van der Waals surface area contributed by atoms with Crippen LogP contribution in [0.4, 0.5) is 0 Å². The van der Waals surface area contributed by atoms with E-state index in [1.54, 1.807) is 31.4 Å². The number of rotatable bonds is 10. The Morgan fingerprint density at radius 3 is 2.23 bits per heavy atom. The smallest absolute Gasteiger partial charge is 0.243 e. The summed E-state index contributed by atoms with van der Waals surface area (Å²) < 4.78 is 39.5. The maximum Gasteiger partial charge on any atom is 0.243 e. The lowest BCUT2D eigenvalue weighted by molar-refractivity contribution is -0.122. The molecule has 35 heavy (non-hydrogen) atoms. The molecule has 1 N–H and O–H groups in total. The SMILES string of the molecule is COc1ccc([C@H](C)NC(=O)CN(Cc2ccc(Br)cc2)S(=O)(=O)c2ccc(Cl)cc2)cc1OC. The van der Waals surface area contributed by atoms with Crippen LogP contribution in [0.15, 0.2) is 76.1 Å². The number of ether oxygens (including phenoxy) is 2. The van der Waals surface area contributed by atoms with Crippen LogP contribution < -0.4 is 14.8 Å². The van der Waals surface area contributed by atoms with Crippen molar-refractivity contribution in [2.45, 2.75) is 24.4 Å². The van der Waals surface area contributed by atoms with Gasteiger partial charge in [-0.05, 0) is 66.6 Å². The third kappa shape index (κ3) is 6.98. The Morgan fingerprint density at radius 2 is 1.63 bits per heavy atom. The molecule has 1 atom stereocenters. The van der Waals surface area contributed by atoms with E-state index in [1.807, 2.05) is 25.1 Å². The molecule has 3 rings (SSSR count). The van der Waals surface area contributed by atoms with Crippen LogP contribution in [0.1, 0.15) is 24.1 Å². The molecule has 10 heteroatoms. The first-order chi connectivity index (χ1) is 16.6. The van der Waals surface area contributed by atoms with E-state index >= 15 is 0 Å². The van der Waals surface area contributed by atoms with E-state index in [2.05, 4.69) is 21.2 Å². The van der Waals surface area contributed by atoms with Crippen molar-refractivity contribution in [2.24, 2.45) is 0 Å². The normalized spacial score (nSPS) is 12.3. The molecule has 0 bridgehead atoms. The molecule has 7 nitrogen and oxygen atoms in total. The molecule has 0 aromatic heterocycles. The van der Waals surface area contributed by atoms with Crippen LogP contribution in [0.3, 0.4) is 0 Å². The van der Waals surface area contributed by atoms with E-state index in [0.717, 1.165) is 19.9 Å². The van der Waals surface area contributed by atoms with Crippen LogP contribution in [-0.2, 0) is 21.4 Å². The minimum absolute atomic E-state index is 0.0242. The Balaban J connectivity index is 1.83. The van der Waals surface area contributed by atoms with Gasteiger partial charge in [0.25, 0.3) is 0 Å². The van der Waals surface area contributed by atoms with Gasteiger partial charge >= 0.3 is 0 Å². The summed E-state index contributed by atoms with van der Waals surface area (Å²) >= 11 is 9.31. The molecule has 0 unspecified atom stereocenters. The highest BCUT2D eigenvalue weighted by Crippen LogP contribution is 2.30. The van der Waals surface area contributed by atoms with Crippen LogP contribution in [-0.4, -0.2) is 39.4 Å². The zero-order valence-electron chi connectivity index (χ0n) is 19.5. The first kappa shape index (κ1) is 27.0. The molecule has 0 saturated carbocycles. The van der Waals surface area contributed by atoms with Gasteiger partial charge in [0.1, 0.15) is 0 Å². The molecular weight excluding hydrogens is 556 g/mol. The number of methoxy groups -OCH3 is 2. The number of nitrogens with one attached hydrogen (secondary N) is 1. The highest BCUT2D eigenvalue weighted by Gasteiger charge is 2.27. The summed E-state index contributed by atoms with van der Waals surface area (Å²) in [5.74, 6) is 0.666. The van der Waals surface area contributed by atoms with Crippen molar-refractivity contribution in [1.29, 1.82) is 0 Å². The number of sulfonamides is 1. The van der Waals surface area contributed by atoms with Gasteiger partial charge in [-0.25, -0.2) is 8.42 Å². The lowest BCUT2D eigenvalue weighted by Gasteiger charge is -2.23. The van der Waals surface area contributed by atoms with Gasteiger partial charge < -0.3 is 14.8 Å². The predicted molar refractivity (Wildman–Crippen MR) is 139 cm³/mol. The molecule has 0 spiro atoms. The molecule has 0 radical (unpaired) electrons. The third-order valence-electron chi connectivity index (χ3n) is 5.33. The molecule has 3 aromatic rings. The van der Waals surface area contributed by atoms with Crippen molar-refractivity contribution < 1.29 is 22.7 Å². The lowest BCUT2D eigenvalue weighted by atomic mass is 10.1. The quantitative estimate of drug-likeness (QED) is 0.356. The molecular formula is C25H26BrClN2O5S. The first-order valence-electron chi connectivity index (χ1n) is 10.7. The minimum atomic E-state index is -3.98. The number of hydrogen-bond donors (Lipinski definition) is 1. The zero-order valence-corrected chi connectivity index (χ0v) is 22.7. The van der Waals surface area contributed by atoms with Crippen LogP contribution in [0.5, 0.6) is 11.5 Å². The van der Waals surface area contributed by atoms with E-state index < -0.39 is 22.0 Å². The predicted octanol–water partition coefficient (Wildman–Crippen LogP) is 5.19. The van der Waals surface area contributed by atoms with Crippen LogP contribution >= 0.6 is 27.5 Å². The Hall–Kier alpha value is -2.59. The number of hydrogen-bond acceptors (Lipinski definition) is 5. The summed E-state index contributed by atoms with van der Waals surface area (Å²) in [5.41, 5.74) is 1.53. The first-order valence-corrected chi connectivity index (χ1v) is 13.3. The average Bonchev–Trinajstić information content (AvgIpc) is 2.84. The summed E-state index contributed by atoms with van der Waals surface area (Å²) in [6.07, 6.45) is 0. The average molecular weight is 582 g/mol. The highest BCUT2D eigenvalue weighted by molar-refractivity contribution is 9.10. The highest BCUT2D eigenvalue weighted by atomic mass is 79.9. The Labute approximate surface area is 219 Å². The van der Waals surface area contributed by atoms with Gasteiger partial charge in [0.2, 0.25) is 15.9 Å². The van der Waals surface area contributed by atoms with Crippen molar-refractivity contribution in [2.75, 3.05) is 20.8 Å². The third-order valence-corrected chi connectivity index (χ3v) is 7.92. The standard InChI is InChI=1S/C25H26BrClN2O5S/c1-17(19-6-13-23(33-2)24(14-19)34-3)28-25(30)16-29(15-18-4-7-20(26)8-5-18)35(31,32)22-11-9-21(27)10-12-22/h4-14,17H,15-16H2,1-3H3,(H,28,30)/t17-/m0/s1. The van der Waals surface area contributed by atoms with E-state index in [9.17, 15) is 13.2 Å². The summed E-state index contributed by atoms with van der Waals surface area (Å²) in [5, 5.41) is 3.29. The van der Waals surface area contributed by atoms with Gasteiger partial charge in [-0.1, -0.05) is 45.7 Å². The summed E-state index contributed by atoms with van der Waals surface area (Å²) in [6, 6.07) is 18.1. The second-order valence-electron chi connectivity index (χ2n) is 7.76. The minimum Gasteiger partial charge on any atom is -0.493 e. The van der Waals surface area contributed by atoms with Crippen LogP contribution in [0.25, 0.3) is 0 Å². The van der Waals surface area contributed by atoms with Crippen molar-refractivity contribution in [3.8, 4) is 11.5 Å². The van der Waals surface area contributed by atoms with Crippen LogP contribution in [0, 0.1) is 0 Å². The zero-order chi connectivity index (χ0) is 25.6. The molecule has 186 valence electrons. The summed E-state index contributed by atoms with van der Waals surface area (Å²) in [6.45, 7) is 1.47. The summed E-state index contributed by atoms with van der Waals surface area (Å²) in [7, 11) is -0.896. The van der Waals surface area contributed by atoms with Gasteiger partial charge in [-0.3, -0.25) is 4.79 Å². The maximum absolute atomic E-state index is 13.4. The van der Waals surface area contributed by atoms with Crippen molar-refractivity contribution in [3.05, 3.63) is 87.4 Å². The largest absolute Gasteiger partial charge is 0.493 e. The number of carbonyl (C=O) groups is 1. The maximum atomic E-state index is 13.4. The molecule has 1 amide bonds. The van der Waals surface area contributed by atoms with Gasteiger partial charge in [-0.15, -0.1) is 0 Å². The van der Waals surface area contributed by atoms with E-state index in [-0.39, 0.29) is 18.0 Å². The molecule has 0 heterocycles. The molecule has 0 aliphatic heterocycles. The number of benzene rings is 3. The number of nitrogens with zero attached hydrogens (tertiary/aromatic N) is 1. The second-order valence-corrected chi connectivity index (χ2v) is 11.0. The molecule has 0 fully saturated rings. The Bertz CT molecular complexity index is 1270. The van der Waals surface area contributed by atoms with Gasteiger partial charge in [0, 0.05) is 16.0 Å². The molecule has 0 aliphatic carbocycles. The summed E-state index contributed by atoms with van der Waals surface area (Å²) in [4.78, 5) is 13.0. The Morgan fingerprint density at radius 1 is 1.00 bits per heavy atom. The second kappa shape index (κ2) is 11.9. The molecule has 0 saturated heterocycles. The number of halogens is 2. The fraction of sp³-hybridized carbons (Fsp3) is 0.240. The number of carbonyl (C=O) groups excluding carboxylic acids is 1.